The van der Waals surface area contributed by atoms with Crippen LogP contribution >= 0.6 is 0 Å². The summed E-state index contributed by atoms with van der Waals surface area (Å²) in [5, 5.41) is 6.30. The van der Waals surface area contributed by atoms with E-state index in [1.807, 2.05) is 12.1 Å². The van der Waals surface area contributed by atoms with Gasteiger partial charge in [0.25, 0.3) is 21.8 Å². The smallest absolute Gasteiger partial charge is 0.269 e. The first kappa shape index (κ1) is 19.6. The lowest BCUT2D eigenvalue weighted by atomic mass is 9.93. The summed E-state index contributed by atoms with van der Waals surface area (Å²) < 4.78 is 26.1. The van der Waals surface area contributed by atoms with E-state index in [-0.39, 0.29) is 22.9 Å². The second-order valence-electron chi connectivity index (χ2n) is 7.94. The van der Waals surface area contributed by atoms with E-state index in [0.29, 0.717) is 34.9 Å². The predicted octanol–water partition coefficient (Wildman–Crippen LogP) is 1.01. The molecule has 0 aliphatic carbocycles. The fourth-order valence-electron chi connectivity index (χ4n) is 4.45. The number of amides is 3. The van der Waals surface area contributed by atoms with Crippen molar-refractivity contribution in [3.63, 3.8) is 0 Å². The van der Waals surface area contributed by atoms with E-state index < -0.39 is 34.0 Å². The molecule has 3 aliphatic rings. The van der Waals surface area contributed by atoms with Crippen molar-refractivity contribution in [2.45, 2.75) is 23.4 Å². The van der Waals surface area contributed by atoms with Gasteiger partial charge in [-0.1, -0.05) is 24.3 Å². The van der Waals surface area contributed by atoms with E-state index >= 15 is 0 Å². The molecule has 160 valence electrons. The Bertz CT molecular complexity index is 1230. The molecule has 2 aromatic rings. The standard InChI is InChI=1S/C21H20N4O5S/c26-18(12-25-20(28)15-7-2-4-9-17(15)31(25,29)30)24-11-5-10-21(13-24)22-16-8-3-1-6-14(16)19(27)23-21/h1-4,6-9,22H,5,10-13H2,(H,23,27). The number of hydrogen-bond donors (Lipinski definition) is 2. The minimum absolute atomic E-state index is 0.0724. The second-order valence-corrected chi connectivity index (χ2v) is 9.77. The number of carbonyl (C=O) groups excluding carboxylic acids is 3. The molecule has 9 nitrogen and oxygen atoms in total. The zero-order valence-electron chi connectivity index (χ0n) is 16.5. The average Bonchev–Trinajstić information content (AvgIpc) is 2.94. The minimum Gasteiger partial charge on any atom is -0.361 e. The Hall–Kier alpha value is -3.40. The number of para-hydroxylation sites is 1. The fraction of sp³-hybridized carbons (Fsp3) is 0.286. The third-order valence-electron chi connectivity index (χ3n) is 5.93. The average molecular weight is 440 g/mol. The second kappa shape index (κ2) is 6.81. The number of nitrogens with one attached hydrogen (secondary N) is 2. The van der Waals surface area contributed by atoms with Crippen LogP contribution in [0.1, 0.15) is 33.6 Å². The monoisotopic (exact) mass is 440 g/mol. The van der Waals surface area contributed by atoms with Gasteiger partial charge in [0.05, 0.1) is 17.7 Å². The quantitative estimate of drug-likeness (QED) is 0.720. The van der Waals surface area contributed by atoms with Crippen LogP contribution in [0.2, 0.25) is 0 Å². The maximum absolute atomic E-state index is 13.0. The molecule has 10 heteroatoms. The van der Waals surface area contributed by atoms with Crippen LogP contribution in [0.3, 0.4) is 0 Å². The van der Waals surface area contributed by atoms with Crippen molar-refractivity contribution in [1.82, 2.24) is 14.5 Å². The SMILES string of the molecule is O=C1NC2(CCCN(C(=O)CN3C(=O)c4ccccc4S3(=O)=O)C2)Nc2ccccc21. The molecular formula is C21H20N4O5S. The Labute approximate surface area is 179 Å². The Balaban J connectivity index is 1.36. The molecule has 2 aromatic carbocycles. The van der Waals surface area contributed by atoms with Crippen LogP contribution in [0.15, 0.2) is 53.4 Å². The first-order valence-electron chi connectivity index (χ1n) is 9.94. The number of carbonyl (C=O) groups is 3. The molecule has 0 aromatic heterocycles. The maximum atomic E-state index is 13.0. The molecule has 5 rings (SSSR count). The van der Waals surface area contributed by atoms with Gasteiger partial charge >= 0.3 is 0 Å². The van der Waals surface area contributed by atoms with Gasteiger partial charge in [-0.25, -0.2) is 12.7 Å². The molecule has 0 saturated carbocycles. The third kappa shape index (κ3) is 3.05. The van der Waals surface area contributed by atoms with Crippen LogP contribution in [-0.2, 0) is 14.8 Å². The van der Waals surface area contributed by atoms with Gasteiger partial charge in [-0.15, -0.1) is 0 Å². The number of nitrogens with zero attached hydrogens (tertiary/aromatic N) is 2. The summed E-state index contributed by atoms with van der Waals surface area (Å²) in [5.41, 5.74) is 0.454. The summed E-state index contributed by atoms with van der Waals surface area (Å²) in [6, 6.07) is 13.1. The van der Waals surface area contributed by atoms with E-state index in [0.717, 1.165) is 0 Å². The predicted molar refractivity (Wildman–Crippen MR) is 111 cm³/mol. The van der Waals surface area contributed by atoms with E-state index in [1.54, 1.807) is 24.3 Å². The van der Waals surface area contributed by atoms with Crippen molar-refractivity contribution in [1.29, 1.82) is 0 Å². The molecule has 3 heterocycles. The fourth-order valence-corrected chi connectivity index (χ4v) is 5.96. The van der Waals surface area contributed by atoms with Gasteiger partial charge < -0.3 is 15.5 Å². The summed E-state index contributed by atoms with van der Waals surface area (Å²) >= 11 is 0. The summed E-state index contributed by atoms with van der Waals surface area (Å²) in [5.74, 6) is -1.41. The Morgan fingerprint density at radius 3 is 2.48 bits per heavy atom. The first-order valence-corrected chi connectivity index (χ1v) is 11.4. The van der Waals surface area contributed by atoms with E-state index in [1.165, 1.54) is 17.0 Å². The molecule has 1 atom stereocenters. The molecule has 3 amide bonds. The van der Waals surface area contributed by atoms with Crippen LogP contribution in [0.25, 0.3) is 0 Å². The number of rotatable bonds is 2. The number of piperidine rings is 1. The molecule has 3 aliphatic heterocycles. The number of benzene rings is 2. The highest BCUT2D eigenvalue weighted by atomic mass is 32.2. The molecule has 1 unspecified atom stereocenters. The van der Waals surface area contributed by atoms with Gasteiger partial charge in [0.1, 0.15) is 17.1 Å². The zero-order chi connectivity index (χ0) is 21.8. The van der Waals surface area contributed by atoms with E-state index in [4.69, 9.17) is 0 Å². The van der Waals surface area contributed by atoms with Crippen molar-refractivity contribution >= 4 is 33.4 Å². The van der Waals surface area contributed by atoms with Crippen LogP contribution in [0.5, 0.6) is 0 Å². The van der Waals surface area contributed by atoms with E-state index in [2.05, 4.69) is 10.6 Å². The van der Waals surface area contributed by atoms with Gasteiger partial charge in [-0.3, -0.25) is 14.4 Å². The molecular weight excluding hydrogens is 420 g/mol. The van der Waals surface area contributed by atoms with Crippen molar-refractivity contribution in [2.24, 2.45) is 0 Å². The first-order chi connectivity index (χ1) is 14.8. The Kier molecular flexibility index (Phi) is 4.30. The van der Waals surface area contributed by atoms with Crippen molar-refractivity contribution in [3.8, 4) is 0 Å². The molecule has 31 heavy (non-hydrogen) atoms. The molecule has 1 spiro atoms. The van der Waals surface area contributed by atoms with Crippen LogP contribution < -0.4 is 10.6 Å². The third-order valence-corrected chi connectivity index (χ3v) is 7.72. The highest BCUT2D eigenvalue weighted by Gasteiger charge is 2.45. The minimum atomic E-state index is -4.06. The van der Waals surface area contributed by atoms with Crippen LogP contribution in [0, 0.1) is 0 Å². The Morgan fingerprint density at radius 1 is 1.00 bits per heavy atom. The number of fused-ring (bicyclic) bond motifs is 2. The number of anilines is 1. The molecule has 0 bridgehead atoms. The lowest BCUT2D eigenvalue weighted by molar-refractivity contribution is -0.133. The highest BCUT2D eigenvalue weighted by molar-refractivity contribution is 7.90. The summed E-state index contributed by atoms with van der Waals surface area (Å²) in [7, 11) is -4.06. The van der Waals surface area contributed by atoms with Gasteiger partial charge in [0, 0.05) is 12.2 Å². The topological polar surface area (TPSA) is 116 Å². The molecule has 0 radical (unpaired) electrons. The molecule has 1 fully saturated rings. The van der Waals surface area contributed by atoms with Gasteiger partial charge in [0.15, 0.2) is 0 Å². The number of sulfonamides is 1. The molecule has 1 saturated heterocycles. The summed E-state index contributed by atoms with van der Waals surface area (Å²) in [4.78, 5) is 39.6. The van der Waals surface area contributed by atoms with Crippen LogP contribution in [-0.4, -0.2) is 60.6 Å². The number of likely N-dealkylation sites (tertiary alicyclic amines) is 1. The van der Waals surface area contributed by atoms with Crippen molar-refractivity contribution < 1.29 is 22.8 Å². The lowest BCUT2D eigenvalue weighted by Gasteiger charge is -2.46. The highest BCUT2D eigenvalue weighted by Crippen LogP contribution is 2.32. The Morgan fingerprint density at radius 2 is 1.71 bits per heavy atom. The largest absolute Gasteiger partial charge is 0.361 e. The number of hydrogen-bond acceptors (Lipinski definition) is 6. The normalized spacial score (nSPS) is 23.7. The van der Waals surface area contributed by atoms with Gasteiger partial charge in [0.2, 0.25) is 5.91 Å². The lowest BCUT2D eigenvalue weighted by Crippen LogP contribution is -2.66. The maximum Gasteiger partial charge on any atom is 0.269 e. The summed E-state index contributed by atoms with van der Waals surface area (Å²) in [6.07, 6.45) is 1.23. The molecule has 2 N–H and O–H groups in total. The van der Waals surface area contributed by atoms with Crippen molar-refractivity contribution in [2.75, 3.05) is 25.0 Å². The summed E-state index contributed by atoms with van der Waals surface area (Å²) in [6.45, 7) is 0.00615. The van der Waals surface area contributed by atoms with Gasteiger partial charge in [-0.05, 0) is 37.1 Å². The van der Waals surface area contributed by atoms with Gasteiger partial charge in [-0.2, -0.15) is 0 Å². The van der Waals surface area contributed by atoms with Crippen molar-refractivity contribution in [3.05, 3.63) is 59.7 Å². The van der Waals surface area contributed by atoms with E-state index in [9.17, 15) is 22.8 Å². The zero-order valence-corrected chi connectivity index (χ0v) is 17.3. The van der Waals surface area contributed by atoms with Crippen LogP contribution in [0.4, 0.5) is 5.69 Å².